The molecule has 0 heterocycles. The lowest BCUT2D eigenvalue weighted by Crippen LogP contribution is -2.51. The largest absolute Gasteiger partial charge is 0.310 e. The summed E-state index contributed by atoms with van der Waals surface area (Å²) in [5, 5.41) is 0. The Morgan fingerprint density at radius 2 is 1.61 bits per heavy atom. The molecule has 4 N–H and O–H groups in total. The second kappa shape index (κ2) is 6.28. The van der Waals surface area contributed by atoms with Crippen molar-refractivity contribution in [2.45, 2.75) is 18.0 Å². The molecule has 0 aromatic heterocycles. The molecule has 0 bridgehead atoms. The van der Waals surface area contributed by atoms with E-state index in [9.17, 15) is 4.79 Å². The number of allylic oxidation sites excluding steroid dienone is 1. The number of hydrogen-bond acceptors (Lipinski definition) is 3. The molecule has 0 aliphatic heterocycles. The van der Waals surface area contributed by atoms with E-state index in [1.54, 1.807) is 18.2 Å². The number of hydrogen-bond donors (Lipinski definition) is 2. The Balaban J connectivity index is 1.98. The lowest BCUT2D eigenvalue weighted by Gasteiger charge is -2.30. The summed E-state index contributed by atoms with van der Waals surface area (Å²) in [5.74, 6) is -0.350. The van der Waals surface area contributed by atoms with Crippen LogP contribution in [0.4, 0.5) is 0 Å². The summed E-state index contributed by atoms with van der Waals surface area (Å²) in [6.45, 7) is 0. The SMILES string of the molecule is NC1(N)C=CC(c2ccccc2)C(=NC(=O)c2ccccc2)C1. The molecule has 23 heavy (non-hydrogen) atoms. The first kappa shape index (κ1) is 15.3. The third-order valence-electron chi connectivity index (χ3n) is 3.87. The molecule has 1 aliphatic rings. The quantitative estimate of drug-likeness (QED) is 0.661. The van der Waals surface area contributed by atoms with Crippen LogP contribution in [0, 0.1) is 0 Å². The first-order valence-electron chi connectivity index (χ1n) is 7.54. The Kier molecular flexibility index (Phi) is 4.19. The normalized spacial score (nSPS) is 21.3. The molecule has 0 radical (unpaired) electrons. The Morgan fingerprint density at radius 3 is 2.26 bits per heavy atom. The third-order valence-corrected chi connectivity index (χ3v) is 3.87. The molecule has 0 spiro atoms. The van der Waals surface area contributed by atoms with Gasteiger partial charge in [0.15, 0.2) is 0 Å². The summed E-state index contributed by atoms with van der Waals surface area (Å²) in [6.07, 6.45) is 4.06. The van der Waals surface area contributed by atoms with Gasteiger partial charge in [-0.15, -0.1) is 0 Å². The van der Waals surface area contributed by atoms with Gasteiger partial charge in [-0.2, -0.15) is 0 Å². The number of aliphatic imine (C=N–C) groups is 1. The van der Waals surface area contributed by atoms with Gasteiger partial charge in [0.2, 0.25) is 0 Å². The second-order valence-electron chi connectivity index (χ2n) is 5.81. The van der Waals surface area contributed by atoms with Gasteiger partial charge in [-0.3, -0.25) is 4.79 Å². The number of nitrogens with zero attached hydrogens (tertiary/aromatic N) is 1. The highest BCUT2D eigenvalue weighted by atomic mass is 16.1. The van der Waals surface area contributed by atoms with Gasteiger partial charge in [0, 0.05) is 23.6 Å². The van der Waals surface area contributed by atoms with Gasteiger partial charge in [0.05, 0.1) is 5.66 Å². The average molecular weight is 305 g/mol. The van der Waals surface area contributed by atoms with Crippen LogP contribution in [-0.4, -0.2) is 17.3 Å². The summed E-state index contributed by atoms with van der Waals surface area (Å²) >= 11 is 0. The fourth-order valence-electron chi connectivity index (χ4n) is 2.72. The molecule has 0 saturated carbocycles. The van der Waals surface area contributed by atoms with Crippen molar-refractivity contribution in [2.24, 2.45) is 16.5 Å². The average Bonchev–Trinajstić information content (AvgIpc) is 2.56. The number of nitrogens with two attached hydrogens (primary N) is 2. The second-order valence-corrected chi connectivity index (χ2v) is 5.81. The van der Waals surface area contributed by atoms with Crippen molar-refractivity contribution < 1.29 is 4.79 Å². The minimum atomic E-state index is -0.971. The van der Waals surface area contributed by atoms with Crippen LogP contribution in [0.25, 0.3) is 0 Å². The van der Waals surface area contributed by atoms with E-state index < -0.39 is 5.66 Å². The molecule has 0 fully saturated rings. The van der Waals surface area contributed by atoms with Crippen molar-refractivity contribution in [3.8, 4) is 0 Å². The molecule has 4 nitrogen and oxygen atoms in total. The number of benzene rings is 2. The van der Waals surface area contributed by atoms with E-state index in [0.29, 0.717) is 17.7 Å². The fourth-order valence-corrected chi connectivity index (χ4v) is 2.72. The zero-order chi connectivity index (χ0) is 16.3. The van der Waals surface area contributed by atoms with Gasteiger partial charge >= 0.3 is 0 Å². The maximum atomic E-state index is 12.4. The topological polar surface area (TPSA) is 81.5 Å². The minimum absolute atomic E-state index is 0.0795. The first-order chi connectivity index (χ1) is 11.1. The van der Waals surface area contributed by atoms with Crippen molar-refractivity contribution in [3.63, 3.8) is 0 Å². The number of amides is 1. The van der Waals surface area contributed by atoms with Crippen molar-refractivity contribution >= 4 is 11.6 Å². The van der Waals surface area contributed by atoms with Crippen LogP contribution in [0.5, 0.6) is 0 Å². The van der Waals surface area contributed by atoms with E-state index in [1.165, 1.54) is 0 Å². The van der Waals surface area contributed by atoms with Gasteiger partial charge in [-0.25, -0.2) is 4.99 Å². The smallest absolute Gasteiger partial charge is 0.276 e. The van der Waals surface area contributed by atoms with Crippen LogP contribution < -0.4 is 11.5 Å². The summed E-state index contributed by atoms with van der Waals surface area (Å²) in [4.78, 5) is 16.7. The van der Waals surface area contributed by atoms with Crippen molar-refractivity contribution in [1.82, 2.24) is 0 Å². The van der Waals surface area contributed by atoms with Crippen LogP contribution >= 0.6 is 0 Å². The Bertz CT molecular complexity index is 749. The van der Waals surface area contributed by atoms with Gasteiger partial charge in [-0.05, 0) is 17.7 Å². The standard InChI is InChI=1S/C19H19N3O/c20-19(21)12-11-16(14-7-3-1-4-8-14)17(13-19)22-18(23)15-9-5-2-6-10-15/h1-12,16H,13,20-21H2. The molecule has 3 rings (SSSR count). The Morgan fingerprint density at radius 1 is 1.00 bits per heavy atom. The monoisotopic (exact) mass is 305 g/mol. The van der Waals surface area contributed by atoms with Crippen LogP contribution in [-0.2, 0) is 0 Å². The summed E-state index contributed by atoms with van der Waals surface area (Å²) in [6, 6.07) is 18.9. The zero-order valence-corrected chi connectivity index (χ0v) is 12.7. The Hall–Kier alpha value is -2.56. The van der Waals surface area contributed by atoms with Gasteiger partial charge < -0.3 is 11.5 Å². The third kappa shape index (κ3) is 3.62. The van der Waals surface area contributed by atoms with Crippen LogP contribution in [0.15, 0.2) is 77.8 Å². The van der Waals surface area contributed by atoms with E-state index in [-0.39, 0.29) is 11.8 Å². The maximum Gasteiger partial charge on any atom is 0.276 e. The number of rotatable bonds is 2. The molecule has 2 aromatic carbocycles. The molecule has 1 amide bonds. The van der Waals surface area contributed by atoms with Crippen LogP contribution in [0.3, 0.4) is 0 Å². The molecule has 116 valence electrons. The van der Waals surface area contributed by atoms with Gasteiger partial charge in [0.1, 0.15) is 0 Å². The van der Waals surface area contributed by atoms with Crippen molar-refractivity contribution in [2.75, 3.05) is 0 Å². The highest BCUT2D eigenvalue weighted by molar-refractivity contribution is 6.07. The van der Waals surface area contributed by atoms with E-state index in [2.05, 4.69) is 4.99 Å². The van der Waals surface area contributed by atoms with Crippen LogP contribution in [0.1, 0.15) is 28.3 Å². The molecule has 1 atom stereocenters. The molecule has 2 aromatic rings. The lowest BCUT2D eigenvalue weighted by atomic mass is 9.83. The highest BCUT2D eigenvalue weighted by Gasteiger charge is 2.29. The molecule has 1 unspecified atom stereocenters. The highest BCUT2D eigenvalue weighted by Crippen LogP contribution is 2.28. The van der Waals surface area contributed by atoms with Gasteiger partial charge in [0.25, 0.3) is 5.91 Å². The summed E-state index contributed by atoms with van der Waals surface area (Å²) in [7, 11) is 0. The molecular weight excluding hydrogens is 286 g/mol. The van der Waals surface area contributed by atoms with Crippen LogP contribution in [0.2, 0.25) is 0 Å². The minimum Gasteiger partial charge on any atom is -0.310 e. The summed E-state index contributed by atoms with van der Waals surface area (Å²) < 4.78 is 0. The van der Waals surface area contributed by atoms with E-state index in [0.717, 1.165) is 5.56 Å². The fraction of sp³-hybridized carbons (Fsp3) is 0.158. The lowest BCUT2D eigenvalue weighted by molar-refractivity contribution is 0.100. The Labute approximate surface area is 135 Å². The predicted molar refractivity (Wildman–Crippen MR) is 92.3 cm³/mol. The molecule has 1 aliphatic carbocycles. The predicted octanol–water partition coefficient (Wildman–Crippen LogP) is 2.63. The molecule has 0 saturated heterocycles. The number of carbonyl (C=O) groups is 1. The number of carbonyl (C=O) groups excluding carboxylic acids is 1. The van der Waals surface area contributed by atoms with Crippen molar-refractivity contribution in [1.29, 1.82) is 0 Å². The summed E-state index contributed by atoms with van der Waals surface area (Å²) in [5.41, 5.74) is 13.4. The van der Waals surface area contributed by atoms with Gasteiger partial charge in [-0.1, -0.05) is 60.7 Å². The molecular formula is C19H19N3O. The van der Waals surface area contributed by atoms with E-state index in [4.69, 9.17) is 11.5 Å². The zero-order valence-electron chi connectivity index (χ0n) is 12.7. The first-order valence-corrected chi connectivity index (χ1v) is 7.54. The molecule has 4 heteroatoms. The van der Waals surface area contributed by atoms with Crippen molar-refractivity contribution in [3.05, 3.63) is 83.9 Å². The van der Waals surface area contributed by atoms with E-state index in [1.807, 2.05) is 54.6 Å². The van der Waals surface area contributed by atoms with E-state index >= 15 is 0 Å². The maximum absolute atomic E-state index is 12.4.